The van der Waals surface area contributed by atoms with E-state index in [0.717, 1.165) is 23.7 Å². The van der Waals surface area contributed by atoms with E-state index in [1.807, 2.05) is 35.0 Å². The van der Waals surface area contributed by atoms with E-state index in [1.54, 1.807) is 19.1 Å². The Morgan fingerprint density at radius 3 is 2.84 bits per heavy atom. The number of ether oxygens (including phenoxy) is 1. The summed E-state index contributed by atoms with van der Waals surface area (Å²) in [5, 5.41) is 3.61. The molecule has 1 aliphatic heterocycles. The standard InChI is InChI=1S/C19H25N3O3/c1-20-18(23)17-9-5-6-10-22(17)19(24)15-13-21(11-12-25-2)16-8-4-3-7-14(15)16/h3-4,7-8,13,17H,5-6,9-12H2,1-2H3,(H,20,23)/t17-/m1/s1. The molecule has 1 aromatic heterocycles. The molecule has 1 saturated heterocycles. The summed E-state index contributed by atoms with van der Waals surface area (Å²) in [6.07, 6.45) is 4.51. The molecular formula is C19H25N3O3. The molecule has 2 amide bonds. The van der Waals surface area contributed by atoms with Gasteiger partial charge in [0.1, 0.15) is 6.04 Å². The summed E-state index contributed by atoms with van der Waals surface area (Å²) in [5.74, 6) is -0.156. The fourth-order valence-electron chi connectivity index (χ4n) is 3.56. The number of likely N-dealkylation sites (tertiary alicyclic amines) is 1. The number of rotatable bonds is 5. The van der Waals surface area contributed by atoms with Crippen LogP contribution in [0.2, 0.25) is 0 Å². The van der Waals surface area contributed by atoms with Gasteiger partial charge in [-0.15, -0.1) is 0 Å². The van der Waals surface area contributed by atoms with E-state index < -0.39 is 0 Å². The average molecular weight is 343 g/mol. The third-order valence-electron chi connectivity index (χ3n) is 4.87. The molecule has 25 heavy (non-hydrogen) atoms. The molecule has 134 valence electrons. The highest BCUT2D eigenvalue weighted by Gasteiger charge is 2.33. The van der Waals surface area contributed by atoms with Gasteiger partial charge in [0.05, 0.1) is 12.2 Å². The van der Waals surface area contributed by atoms with Crippen LogP contribution in [0.15, 0.2) is 30.5 Å². The number of nitrogens with one attached hydrogen (secondary N) is 1. The fourth-order valence-corrected chi connectivity index (χ4v) is 3.56. The Morgan fingerprint density at radius 1 is 1.28 bits per heavy atom. The van der Waals surface area contributed by atoms with Gasteiger partial charge in [-0.25, -0.2) is 0 Å². The second-order valence-corrected chi connectivity index (χ2v) is 6.37. The van der Waals surface area contributed by atoms with E-state index in [0.29, 0.717) is 31.7 Å². The number of fused-ring (bicyclic) bond motifs is 1. The Morgan fingerprint density at radius 2 is 2.08 bits per heavy atom. The van der Waals surface area contributed by atoms with Gasteiger partial charge in [0, 0.05) is 44.3 Å². The quantitative estimate of drug-likeness (QED) is 0.903. The Labute approximate surface area is 147 Å². The van der Waals surface area contributed by atoms with Crippen LogP contribution in [0.4, 0.5) is 0 Å². The number of nitrogens with zero attached hydrogens (tertiary/aromatic N) is 2. The largest absolute Gasteiger partial charge is 0.383 e. The molecule has 6 nitrogen and oxygen atoms in total. The van der Waals surface area contributed by atoms with Crippen molar-refractivity contribution >= 4 is 22.7 Å². The molecule has 1 aromatic carbocycles. The number of amides is 2. The molecule has 2 heterocycles. The van der Waals surface area contributed by atoms with E-state index >= 15 is 0 Å². The maximum absolute atomic E-state index is 13.2. The lowest BCUT2D eigenvalue weighted by atomic mass is 10.00. The Bertz CT molecular complexity index is 768. The van der Waals surface area contributed by atoms with E-state index in [9.17, 15) is 9.59 Å². The van der Waals surface area contributed by atoms with Gasteiger partial charge in [-0.05, 0) is 25.3 Å². The summed E-state index contributed by atoms with van der Waals surface area (Å²) in [7, 11) is 3.29. The highest BCUT2D eigenvalue weighted by atomic mass is 16.5. The van der Waals surface area contributed by atoms with Crippen LogP contribution < -0.4 is 5.32 Å². The zero-order chi connectivity index (χ0) is 17.8. The lowest BCUT2D eigenvalue weighted by Gasteiger charge is -2.34. The molecule has 0 spiro atoms. The van der Waals surface area contributed by atoms with Crippen molar-refractivity contribution in [2.45, 2.75) is 31.8 Å². The molecule has 0 bridgehead atoms. The molecule has 2 aromatic rings. The van der Waals surface area contributed by atoms with E-state index in [-0.39, 0.29) is 17.9 Å². The third kappa shape index (κ3) is 3.39. The summed E-state index contributed by atoms with van der Waals surface area (Å²) >= 11 is 0. The SMILES string of the molecule is CNC(=O)[C@H]1CCCCN1C(=O)c1cn(CCOC)c2ccccc12. The van der Waals surface area contributed by atoms with Crippen molar-refractivity contribution in [3.05, 3.63) is 36.0 Å². The summed E-state index contributed by atoms with van der Waals surface area (Å²) in [6.45, 7) is 1.88. The Balaban J connectivity index is 1.97. The van der Waals surface area contributed by atoms with Gasteiger partial charge < -0.3 is 19.5 Å². The minimum absolute atomic E-state index is 0.0688. The van der Waals surface area contributed by atoms with Crippen LogP contribution >= 0.6 is 0 Å². The van der Waals surface area contributed by atoms with Crippen molar-refractivity contribution in [3.8, 4) is 0 Å². The van der Waals surface area contributed by atoms with Crippen molar-refractivity contribution in [2.24, 2.45) is 0 Å². The fraction of sp³-hybridized carbons (Fsp3) is 0.474. The maximum Gasteiger partial charge on any atom is 0.256 e. The summed E-state index contributed by atoms with van der Waals surface area (Å²) in [6, 6.07) is 7.49. The molecule has 1 fully saturated rings. The second-order valence-electron chi connectivity index (χ2n) is 6.37. The van der Waals surface area contributed by atoms with E-state index in [4.69, 9.17) is 4.74 Å². The van der Waals surface area contributed by atoms with Gasteiger partial charge in [0.25, 0.3) is 5.91 Å². The first-order valence-electron chi connectivity index (χ1n) is 8.76. The monoisotopic (exact) mass is 343 g/mol. The minimum Gasteiger partial charge on any atom is -0.383 e. The zero-order valence-electron chi connectivity index (χ0n) is 14.8. The zero-order valence-corrected chi connectivity index (χ0v) is 14.8. The highest BCUT2D eigenvalue weighted by Crippen LogP contribution is 2.26. The molecule has 3 rings (SSSR count). The Hall–Kier alpha value is -2.34. The van der Waals surface area contributed by atoms with Gasteiger partial charge in [0.2, 0.25) is 5.91 Å². The second kappa shape index (κ2) is 7.70. The highest BCUT2D eigenvalue weighted by molar-refractivity contribution is 6.08. The summed E-state index contributed by atoms with van der Waals surface area (Å²) < 4.78 is 7.22. The maximum atomic E-state index is 13.2. The number of likely N-dealkylation sites (N-methyl/N-ethyl adjacent to an activating group) is 1. The minimum atomic E-state index is -0.382. The molecule has 6 heteroatoms. The molecule has 0 aliphatic carbocycles. The molecule has 1 aliphatic rings. The van der Waals surface area contributed by atoms with Crippen molar-refractivity contribution in [1.82, 2.24) is 14.8 Å². The van der Waals surface area contributed by atoms with Crippen LogP contribution in [0.25, 0.3) is 10.9 Å². The van der Waals surface area contributed by atoms with Gasteiger partial charge in [0.15, 0.2) is 0 Å². The lowest BCUT2D eigenvalue weighted by Crippen LogP contribution is -2.51. The average Bonchev–Trinajstić information content (AvgIpc) is 3.04. The molecule has 1 N–H and O–H groups in total. The number of hydrogen-bond acceptors (Lipinski definition) is 3. The van der Waals surface area contributed by atoms with Crippen LogP contribution in [0.5, 0.6) is 0 Å². The van der Waals surface area contributed by atoms with Gasteiger partial charge in [-0.2, -0.15) is 0 Å². The first-order chi connectivity index (χ1) is 12.2. The molecule has 1 atom stereocenters. The van der Waals surface area contributed by atoms with E-state index in [1.165, 1.54) is 0 Å². The summed E-state index contributed by atoms with van der Waals surface area (Å²) in [4.78, 5) is 27.2. The van der Waals surface area contributed by atoms with Crippen LogP contribution in [0.3, 0.4) is 0 Å². The van der Waals surface area contributed by atoms with E-state index in [2.05, 4.69) is 5.32 Å². The van der Waals surface area contributed by atoms with Crippen LogP contribution in [0.1, 0.15) is 29.6 Å². The molecule has 0 saturated carbocycles. The van der Waals surface area contributed by atoms with Crippen molar-refractivity contribution in [3.63, 3.8) is 0 Å². The number of benzene rings is 1. The predicted octanol–water partition coefficient (Wildman–Crippen LogP) is 2.03. The number of carbonyl (C=O) groups is 2. The Kier molecular flexibility index (Phi) is 5.38. The van der Waals surface area contributed by atoms with Gasteiger partial charge in [-0.3, -0.25) is 9.59 Å². The van der Waals surface area contributed by atoms with Crippen LogP contribution in [0, 0.1) is 0 Å². The number of hydrogen-bond donors (Lipinski definition) is 1. The predicted molar refractivity (Wildman–Crippen MR) is 96.6 cm³/mol. The number of piperidine rings is 1. The normalized spacial score (nSPS) is 17.7. The number of aromatic nitrogens is 1. The van der Waals surface area contributed by atoms with Gasteiger partial charge in [-0.1, -0.05) is 18.2 Å². The topological polar surface area (TPSA) is 63.6 Å². The van der Waals surface area contributed by atoms with Crippen molar-refractivity contribution in [1.29, 1.82) is 0 Å². The number of para-hydroxylation sites is 1. The van der Waals surface area contributed by atoms with Gasteiger partial charge >= 0.3 is 0 Å². The first kappa shape index (κ1) is 17.5. The van der Waals surface area contributed by atoms with Crippen LogP contribution in [-0.2, 0) is 16.1 Å². The van der Waals surface area contributed by atoms with Crippen molar-refractivity contribution in [2.75, 3.05) is 27.3 Å². The van der Waals surface area contributed by atoms with Crippen molar-refractivity contribution < 1.29 is 14.3 Å². The molecule has 0 unspecified atom stereocenters. The lowest BCUT2D eigenvalue weighted by molar-refractivity contribution is -0.126. The third-order valence-corrected chi connectivity index (χ3v) is 4.87. The summed E-state index contributed by atoms with van der Waals surface area (Å²) in [5.41, 5.74) is 1.67. The first-order valence-corrected chi connectivity index (χ1v) is 8.76. The smallest absolute Gasteiger partial charge is 0.256 e. The molecule has 0 radical (unpaired) electrons. The number of carbonyl (C=O) groups excluding carboxylic acids is 2. The number of methoxy groups -OCH3 is 1. The molecular weight excluding hydrogens is 318 g/mol. The van der Waals surface area contributed by atoms with Crippen LogP contribution in [-0.4, -0.2) is 54.6 Å².